The van der Waals surface area contributed by atoms with Gasteiger partial charge in [-0.05, 0) is 31.1 Å². The number of carbonyl (C=O) groups excluding carboxylic acids is 1. The number of halogens is 3. The summed E-state index contributed by atoms with van der Waals surface area (Å²) in [4.78, 5) is 11.8. The molecule has 1 aromatic rings. The van der Waals surface area contributed by atoms with E-state index in [-0.39, 0.29) is 17.5 Å². The van der Waals surface area contributed by atoms with Crippen LogP contribution in [0.25, 0.3) is 0 Å². The fourth-order valence-corrected chi connectivity index (χ4v) is 2.78. The smallest absolute Gasteiger partial charge is 0.227 e. The number of hydrogen-bond acceptors (Lipinski definition) is 1. The molecule has 1 aromatic carbocycles. The Balaban J connectivity index is 1.72. The van der Waals surface area contributed by atoms with Crippen molar-refractivity contribution in [3.05, 3.63) is 29.6 Å². The number of benzene rings is 1. The third-order valence-corrected chi connectivity index (χ3v) is 3.88. The van der Waals surface area contributed by atoms with Crippen LogP contribution in [-0.2, 0) is 4.79 Å². The highest BCUT2D eigenvalue weighted by Gasteiger charge is 2.48. The zero-order chi connectivity index (χ0) is 12.9. The van der Waals surface area contributed by atoms with Gasteiger partial charge in [-0.25, -0.2) is 13.2 Å². The summed E-state index contributed by atoms with van der Waals surface area (Å²) in [5.41, 5.74) is -0.292. The third-order valence-electron chi connectivity index (χ3n) is 3.88. The Kier molecular flexibility index (Phi) is 2.57. The molecule has 5 heteroatoms. The number of rotatable bonds is 2. The Morgan fingerprint density at radius 1 is 1.00 bits per heavy atom. The summed E-state index contributed by atoms with van der Waals surface area (Å²) in [6.45, 7) is 0. The van der Waals surface area contributed by atoms with Gasteiger partial charge >= 0.3 is 0 Å². The molecule has 2 fully saturated rings. The van der Waals surface area contributed by atoms with E-state index in [2.05, 4.69) is 5.32 Å². The predicted octanol–water partition coefficient (Wildman–Crippen LogP) is 3.09. The Morgan fingerprint density at radius 3 is 2.28 bits per heavy atom. The summed E-state index contributed by atoms with van der Waals surface area (Å²) in [6, 6.07) is 1.12. The number of carbonyl (C=O) groups is 1. The van der Waals surface area contributed by atoms with Gasteiger partial charge in [0.25, 0.3) is 0 Å². The minimum Gasteiger partial charge on any atom is -0.323 e. The van der Waals surface area contributed by atoms with Crippen LogP contribution >= 0.6 is 0 Å². The molecule has 18 heavy (non-hydrogen) atoms. The maximum atomic E-state index is 13.3. The van der Waals surface area contributed by atoms with Crippen LogP contribution in [0.3, 0.4) is 0 Å². The first-order chi connectivity index (χ1) is 8.54. The molecule has 0 heterocycles. The lowest BCUT2D eigenvalue weighted by Crippen LogP contribution is -2.22. The van der Waals surface area contributed by atoms with Crippen LogP contribution in [0.4, 0.5) is 18.9 Å². The zero-order valence-corrected chi connectivity index (χ0v) is 9.55. The van der Waals surface area contributed by atoms with Crippen molar-refractivity contribution >= 4 is 11.6 Å². The normalized spacial score (nSPS) is 28.9. The summed E-state index contributed by atoms with van der Waals surface area (Å²) in [5.74, 6) is -2.53. The monoisotopic (exact) mass is 255 g/mol. The maximum absolute atomic E-state index is 13.3. The average Bonchev–Trinajstić information content (AvgIpc) is 2.93. The highest BCUT2D eigenvalue weighted by atomic mass is 19.2. The van der Waals surface area contributed by atoms with Gasteiger partial charge in [-0.3, -0.25) is 4.79 Å². The second-order valence-corrected chi connectivity index (χ2v) is 5.16. The van der Waals surface area contributed by atoms with E-state index < -0.39 is 17.5 Å². The van der Waals surface area contributed by atoms with Gasteiger partial charge in [-0.2, -0.15) is 0 Å². The molecule has 2 unspecified atom stereocenters. The fraction of sp³-hybridized carbons (Fsp3) is 0.462. The van der Waals surface area contributed by atoms with E-state index in [0.29, 0.717) is 24.0 Å². The van der Waals surface area contributed by atoms with Crippen LogP contribution in [0, 0.1) is 35.2 Å². The Hall–Kier alpha value is -1.52. The molecule has 1 N–H and O–H groups in total. The van der Waals surface area contributed by atoms with Gasteiger partial charge < -0.3 is 5.32 Å². The first kappa shape index (κ1) is 11.6. The summed E-state index contributed by atoms with van der Waals surface area (Å²) in [7, 11) is 0. The van der Waals surface area contributed by atoms with Gasteiger partial charge in [0.05, 0.1) is 5.69 Å². The van der Waals surface area contributed by atoms with Crippen molar-refractivity contribution in [2.45, 2.75) is 19.3 Å². The second-order valence-electron chi connectivity index (χ2n) is 5.16. The molecule has 0 aliphatic heterocycles. The number of hydrogen-bond donors (Lipinski definition) is 1. The lowest BCUT2D eigenvalue weighted by molar-refractivity contribution is -0.120. The van der Waals surface area contributed by atoms with Crippen LogP contribution in [0.5, 0.6) is 0 Å². The molecule has 2 aliphatic rings. The van der Waals surface area contributed by atoms with Crippen molar-refractivity contribution in [2.24, 2.45) is 17.8 Å². The van der Waals surface area contributed by atoms with E-state index in [9.17, 15) is 18.0 Å². The first-order valence-corrected chi connectivity index (χ1v) is 6.00. The van der Waals surface area contributed by atoms with Crippen molar-refractivity contribution in [1.82, 2.24) is 0 Å². The Labute approximate surface area is 102 Å². The first-order valence-electron chi connectivity index (χ1n) is 6.00. The molecule has 96 valence electrons. The zero-order valence-electron chi connectivity index (χ0n) is 9.55. The minimum atomic E-state index is -1.26. The van der Waals surface area contributed by atoms with Crippen LogP contribution in [0.15, 0.2) is 12.1 Å². The standard InChI is InChI=1S/C13H12F3NO/c14-9-4-11(16)12(5-10(9)15)17-13(18)8-2-6-1-7(6)3-8/h4-8H,1-3H2,(H,17,18). The molecule has 0 spiro atoms. The molecule has 1 amide bonds. The van der Waals surface area contributed by atoms with Gasteiger partial charge in [0, 0.05) is 18.1 Å². The molecular weight excluding hydrogens is 243 g/mol. The van der Waals surface area contributed by atoms with Crippen molar-refractivity contribution in [3.8, 4) is 0 Å². The summed E-state index contributed by atoms with van der Waals surface area (Å²) >= 11 is 0. The number of anilines is 1. The van der Waals surface area contributed by atoms with Crippen LogP contribution < -0.4 is 5.32 Å². The number of nitrogens with one attached hydrogen (secondary N) is 1. The molecular formula is C13H12F3NO. The highest BCUT2D eigenvalue weighted by Crippen LogP contribution is 2.54. The van der Waals surface area contributed by atoms with Crippen LogP contribution in [0.2, 0.25) is 0 Å². The van der Waals surface area contributed by atoms with Gasteiger partial charge in [0.2, 0.25) is 5.91 Å². The number of amides is 1. The minimum absolute atomic E-state index is 0.124. The highest BCUT2D eigenvalue weighted by molar-refractivity contribution is 5.93. The molecule has 2 aliphatic carbocycles. The van der Waals surface area contributed by atoms with E-state index in [1.165, 1.54) is 6.42 Å². The topological polar surface area (TPSA) is 29.1 Å². The van der Waals surface area contributed by atoms with E-state index in [1.54, 1.807) is 0 Å². The molecule has 2 saturated carbocycles. The molecule has 2 atom stereocenters. The molecule has 0 aromatic heterocycles. The lowest BCUT2D eigenvalue weighted by Gasteiger charge is -2.13. The quantitative estimate of drug-likeness (QED) is 0.808. The van der Waals surface area contributed by atoms with Crippen molar-refractivity contribution in [3.63, 3.8) is 0 Å². The molecule has 0 radical (unpaired) electrons. The van der Waals surface area contributed by atoms with E-state index >= 15 is 0 Å². The van der Waals surface area contributed by atoms with Crippen LogP contribution in [0.1, 0.15) is 19.3 Å². The van der Waals surface area contributed by atoms with Crippen molar-refractivity contribution < 1.29 is 18.0 Å². The lowest BCUT2D eigenvalue weighted by atomic mass is 10.0. The Bertz CT molecular complexity index is 507. The van der Waals surface area contributed by atoms with Gasteiger partial charge in [0.15, 0.2) is 11.6 Å². The summed E-state index contributed by atoms with van der Waals surface area (Å²) in [6.07, 6.45) is 2.83. The van der Waals surface area contributed by atoms with Gasteiger partial charge in [-0.1, -0.05) is 0 Å². The summed E-state index contributed by atoms with van der Waals surface area (Å²) < 4.78 is 39.0. The predicted molar refractivity (Wildman–Crippen MR) is 59.3 cm³/mol. The molecule has 2 nitrogen and oxygen atoms in total. The summed E-state index contributed by atoms with van der Waals surface area (Å²) in [5, 5.41) is 2.34. The second kappa shape index (κ2) is 4.00. The third kappa shape index (κ3) is 1.98. The van der Waals surface area contributed by atoms with Gasteiger partial charge in [0.1, 0.15) is 5.82 Å². The molecule has 3 rings (SSSR count). The fourth-order valence-electron chi connectivity index (χ4n) is 2.78. The van der Waals surface area contributed by atoms with Crippen molar-refractivity contribution in [1.29, 1.82) is 0 Å². The average molecular weight is 255 g/mol. The van der Waals surface area contributed by atoms with Crippen molar-refractivity contribution in [2.75, 3.05) is 5.32 Å². The van der Waals surface area contributed by atoms with Crippen LogP contribution in [-0.4, -0.2) is 5.91 Å². The van der Waals surface area contributed by atoms with Gasteiger partial charge in [-0.15, -0.1) is 0 Å². The van der Waals surface area contributed by atoms with E-state index in [1.807, 2.05) is 0 Å². The Morgan fingerprint density at radius 2 is 1.61 bits per heavy atom. The molecule has 0 saturated heterocycles. The molecule has 0 bridgehead atoms. The number of fused-ring (bicyclic) bond motifs is 1. The van der Waals surface area contributed by atoms with E-state index in [0.717, 1.165) is 12.8 Å². The SMILES string of the molecule is O=C(Nc1cc(F)c(F)cc1F)C1CC2CC2C1. The maximum Gasteiger partial charge on any atom is 0.227 e. The largest absolute Gasteiger partial charge is 0.323 e. The van der Waals surface area contributed by atoms with E-state index in [4.69, 9.17) is 0 Å².